The number of allylic oxidation sites excluding steroid dienone is 2. The van der Waals surface area contributed by atoms with Gasteiger partial charge in [-0.2, -0.15) is 0 Å². The van der Waals surface area contributed by atoms with E-state index in [0.717, 1.165) is 0 Å². The minimum atomic E-state index is -0.187. The monoisotopic (exact) mass is 334 g/mol. The average Bonchev–Trinajstić information content (AvgIpc) is 2.92. The van der Waals surface area contributed by atoms with Crippen LogP contribution in [0.1, 0.15) is 34.6 Å². The summed E-state index contributed by atoms with van der Waals surface area (Å²) in [7, 11) is 0. The summed E-state index contributed by atoms with van der Waals surface area (Å²) in [4.78, 5) is 23.6. The van der Waals surface area contributed by atoms with Gasteiger partial charge in [0.2, 0.25) is 11.8 Å². The zero-order chi connectivity index (χ0) is 17.4. The van der Waals surface area contributed by atoms with Gasteiger partial charge in [-0.3, -0.25) is 9.59 Å². The SMILES string of the molecule is CC(=O)Nc1ccc(NC(=O)[C@@H]2[C@H](C=C(C)C)C2(C)C)cc1Cl. The summed E-state index contributed by atoms with van der Waals surface area (Å²) in [5.41, 5.74) is 2.36. The van der Waals surface area contributed by atoms with Gasteiger partial charge >= 0.3 is 0 Å². The molecule has 2 atom stereocenters. The van der Waals surface area contributed by atoms with E-state index in [1.54, 1.807) is 18.2 Å². The van der Waals surface area contributed by atoms with Gasteiger partial charge in [0.1, 0.15) is 0 Å². The molecule has 0 aliphatic heterocycles. The molecule has 1 saturated carbocycles. The van der Waals surface area contributed by atoms with Gasteiger partial charge in [-0.1, -0.05) is 37.1 Å². The summed E-state index contributed by atoms with van der Waals surface area (Å²) < 4.78 is 0. The van der Waals surface area contributed by atoms with Gasteiger partial charge in [0, 0.05) is 12.6 Å². The van der Waals surface area contributed by atoms with Crippen LogP contribution in [0.5, 0.6) is 0 Å². The van der Waals surface area contributed by atoms with Crippen LogP contribution in [0, 0.1) is 17.3 Å². The Bertz CT molecular complexity index is 676. The Hall–Kier alpha value is -1.81. The van der Waals surface area contributed by atoms with Crippen molar-refractivity contribution in [3.05, 3.63) is 34.9 Å². The van der Waals surface area contributed by atoms with Crippen LogP contribution >= 0.6 is 11.6 Å². The molecule has 124 valence electrons. The lowest BCUT2D eigenvalue weighted by molar-refractivity contribution is -0.118. The van der Waals surface area contributed by atoms with E-state index in [1.165, 1.54) is 12.5 Å². The molecule has 5 heteroatoms. The van der Waals surface area contributed by atoms with Crippen LogP contribution in [-0.2, 0) is 9.59 Å². The fraction of sp³-hybridized carbons (Fsp3) is 0.444. The smallest absolute Gasteiger partial charge is 0.228 e. The molecule has 1 fully saturated rings. The van der Waals surface area contributed by atoms with Crippen LogP contribution in [0.4, 0.5) is 11.4 Å². The van der Waals surface area contributed by atoms with Crippen LogP contribution in [0.25, 0.3) is 0 Å². The van der Waals surface area contributed by atoms with Crippen LogP contribution in [0.15, 0.2) is 29.8 Å². The van der Waals surface area contributed by atoms with Crippen molar-refractivity contribution in [1.29, 1.82) is 0 Å². The van der Waals surface area contributed by atoms with Gasteiger partial charge in [0.05, 0.1) is 16.6 Å². The summed E-state index contributed by atoms with van der Waals surface area (Å²) in [6.07, 6.45) is 2.16. The topological polar surface area (TPSA) is 58.2 Å². The second kappa shape index (κ2) is 6.36. The molecule has 1 aliphatic rings. The lowest BCUT2D eigenvalue weighted by Crippen LogP contribution is -2.17. The molecule has 23 heavy (non-hydrogen) atoms. The van der Waals surface area contributed by atoms with Crippen molar-refractivity contribution in [2.75, 3.05) is 10.6 Å². The molecule has 1 aromatic carbocycles. The Labute approximate surface area is 142 Å². The van der Waals surface area contributed by atoms with Crippen LogP contribution < -0.4 is 10.6 Å². The summed E-state index contributed by atoms with van der Waals surface area (Å²) >= 11 is 6.13. The normalized spacial score (nSPS) is 21.3. The second-order valence-electron chi connectivity index (χ2n) is 6.93. The molecular weight excluding hydrogens is 312 g/mol. The molecule has 0 radical (unpaired) electrons. The van der Waals surface area contributed by atoms with E-state index in [4.69, 9.17) is 11.6 Å². The number of halogens is 1. The summed E-state index contributed by atoms with van der Waals surface area (Å²) in [5, 5.41) is 5.95. The highest BCUT2D eigenvalue weighted by atomic mass is 35.5. The van der Waals surface area contributed by atoms with Gasteiger partial charge < -0.3 is 10.6 Å². The molecule has 4 nitrogen and oxygen atoms in total. The lowest BCUT2D eigenvalue weighted by Gasteiger charge is -2.09. The number of benzene rings is 1. The van der Waals surface area contributed by atoms with Gasteiger partial charge in [-0.15, -0.1) is 0 Å². The van der Waals surface area contributed by atoms with E-state index < -0.39 is 0 Å². The van der Waals surface area contributed by atoms with Crippen LogP contribution in [0.2, 0.25) is 5.02 Å². The molecule has 1 aliphatic carbocycles. The third-order valence-electron chi connectivity index (χ3n) is 4.25. The molecule has 2 N–H and O–H groups in total. The Kier molecular flexibility index (Phi) is 4.85. The molecule has 2 rings (SSSR count). The maximum atomic E-state index is 12.5. The summed E-state index contributed by atoms with van der Waals surface area (Å²) in [5.74, 6) is 0.0432. The first-order valence-electron chi connectivity index (χ1n) is 7.66. The highest BCUT2D eigenvalue weighted by Gasteiger charge is 2.60. The zero-order valence-corrected chi connectivity index (χ0v) is 14.9. The molecule has 0 unspecified atom stereocenters. The third-order valence-corrected chi connectivity index (χ3v) is 4.57. The molecular formula is C18H23ClN2O2. The van der Waals surface area contributed by atoms with Gasteiger partial charge in [0.25, 0.3) is 0 Å². The fourth-order valence-corrected chi connectivity index (χ4v) is 3.18. The molecule has 0 aromatic heterocycles. The number of nitrogens with one attached hydrogen (secondary N) is 2. The van der Waals surface area contributed by atoms with Crippen molar-refractivity contribution >= 4 is 34.8 Å². The van der Waals surface area contributed by atoms with Crippen LogP contribution in [-0.4, -0.2) is 11.8 Å². The van der Waals surface area contributed by atoms with Crippen molar-refractivity contribution in [3.63, 3.8) is 0 Å². The highest BCUT2D eigenvalue weighted by Crippen LogP contribution is 2.59. The minimum Gasteiger partial charge on any atom is -0.326 e. The van der Waals surface area contributed by atoms with E-state index in [0.29, 0.717) is 16.4 Å². The molecule has 0 spiro atoms. The lowest BCUT2D eigenvalue weighted by atomic mass is 10.1. The average molecular weight is 335 g/mol. The van der Waals surface area contributed by atoms with Crippen molar-refractivity contribution in [2.45, 2.75) is 34.6 Å². The first kappa shape index (κ1) is 17.5. The van der Waals surface area contributed by atoms with Crippen molar-refractivity contribution < 1.29 is 9.59 Å². The molecule has 1 aromatic rings. The zero-order valence-electron chi connectivity index (χ0n) is 14.2. The Morgan fingerprint density at radius 3 is 2.35 bits per heavy atom. The van der Waals surface area contributed by atoms with Crippen molar-refractivity contribution in [3.8, 4) is 0 Å². The number of hydrogen-bond acceptors (Lipinski definition) is 2. The highest BCUT2D eigenvalue weighted by molar-refractivity contribution is 6.34. The summed E-state index contributed by atoms with van der Waals surface area (Å²) in [6.45, 7) is 9.72. The quantitative estimate of drug-likeness (QED) is 0.798. The second-order valence-corrected chi connectivity index (χ2v) is 7.34. The molecule has 0 bridgehead atoms. The number of anilines is 2. The standard InChI is InChI=1S/C18H23ClN2O2/c1-10(2)8-13-16(18(13,4)5)17(23)21-12-6-7-15(14(19)9-12)20-11(3)22/h6-9,13,16H,1-5H3,(H,20,22)(H,21,23)/t13-,16-/m0/s1. The predicted molar refractivity (Wildman–Crippen MR) is 94.6 cm³/mol. The maximum Gasteiger partial charge on any atom is 0.228 e. The van der Waals surface area contributed by atoms with Gasteiger partial charge in [0.15, 0.2) is 0 Å². The predicted octanol–water partition coefficient (Wildman–Crippen LogP) is 4.48. The number of amides is 2. The molecule has 0 saturated heterocycles. The van der Waals surface area contributed by atoms with Gasteiger partial charge in [-0.25, -0.2) is 0 Å². The maximum absolute atomic E-state index is 12.5. The largest absolute Gasteiger partial charge is 0.326 e. The Balaban J connectivity index is 2.08. The fourth-order valence-electron chi connectivity index (χ4n) is 2.95. The van der Waals surface area contributed by atoms with E-state index in [2.05, 4.69) is 30.6 Å². The van der Waals surface area contributed by atoms with E-state index >= 15 is 0 Å². The number of rotatable bonds is 4. The first-order chi connectivity index (χ1) is 10.6. The van der Waals surface area contributed by atoms with E-state index in [1.807, 2.05) is 13.8 Å². The van der Waals surface area contributed by atoms with Crippen molar-refractivity contribution in [1.82, 2.24) is 0 Å². The minimum absolute atomic E-state index is 0.000781. The number of carbonyl (C=O) groups is 2. The van der Waals surface area contributed by atoms with Crippen LogP contribution in [0.3, 0.4) is 0 Å². The third kappa shape index (κ3) is 3.94. The molecule has 0 heterocycles. The Morgan fingerprint density at radius 1 is 1.17 bits per heavy atom. The van der Waals surface area contributed by atoms with E-state index in [-0.39, 0.29) is 29.1 Å². The van der Waals surface area contributed by atoms with E-state index in [9.17, 15) is 9.59 Å². The number of carbonyl (C=O) groups excluding carboxylic acids is 2. The number of hydrogen-bond donors (Lipinski definition) is 2. The van der Waals surface area contributed by atoms with Gasteiger partial charge in [-0.05, 0) is 43.4 Å². The Morgan fingerprint density at radius 2 is 1.83 bits per heavy atom. The summed E-state index contributed by atoms with van der Waals surface area (Å²) in [6, 6.07) is 5.07. The first-order valence-corrected chi connectivity index (χ1v) is 8.03. The molecule has 2 amide bonds. The van der Waals surface area contributed by atoms with Crippen molar-refractivity contribution in [2.24, 2.45) is 17.3 Å².